The van der Waals surface area contributed by atoms with Crippen LogP contribution in [0.5, 0.6) is 0 Å². The summed E-state index contributed by atoms with van der Waals surface area (Å²) in [7, 11) is 3.38. The molecule has 2 nitrogen and oxygen atoms in total. The van der Waals surface area contributed by atoms with Gasteiger partial charge in [-0.15, -0.1) is 0 Å². The van der Waals surface area contributed by atoms with E-state index in [9.17, 15) is 0 Å². The second kappa shape index (κ2) is 4.88. The molecule has 1 aliphatic rings. The van der Waals surface area contributed by atoms with Gasteiger partial charge in [0, 0.05) is 29.9 Å². The molecule has 1 atom stereocenters. The van der Waals surface area contributed by atoms with Crippen LogP contribution >= 0.6 is 0 Å². The molecule has 0 amide bonds. The van der Waals surface area contributed by atoms with Gasteiger partial charge < -0.3 is 9.47 Å². The number of hydrogen-bond donors (Lipinski definition) is 0. The van der Waals surface area contributed by atoms with Crippen LogP contribution in [-0.2, 0) is 9.47 Å². The minimum Gasteiger partial charge on any atom is -0.353 e. The van der Waals surface area contributed by atoms with Crippen molar-refractivity contribution in [1.29, 1.82) is 0 Å². The third kappa shape index (κ3) is 2.81. The molecule has 0 N–H and O–H groups in total. The van der Waals surface area contributed by atoms with Gasteiger partial charge in [-0.05, 0) is 12.8 Å². The molecule has 0 bridgehead atoms. The highest BCUT2D eigenvalue weighted by Crippen LogP contribution is 2.12. The Hall–Kier alpha value is 0.137. The molecule has 0 saturated carbocycles. The maximum absolute atomic E-state index is 5.39. The van der Waals surface area contributed by atoms with Gasteiger partial charge in [-0.3, -0.25) is 0 Å². The molecule has 3 radical (unpaired) electrons. The Morgan fingerprint density at radius 3 is 3.10 bits per heavy atom. The van der Waals surface area contributed by atoms with Crippen LogP contribution in [0.25, 0.3) is 0 Å². The predicted molar refractivity (Wildman–Crippen MR) is 40.1 cm³/mol. The number of hydrogen-bond acceptors (Lipinski definition) is 2. The second-order valence-corrected chi connectivity index (χ2v) is 2.92. The first-order chi connectivity index (χ1) is 4.93. The van der Waals surface area contributed by atoms with Crippen molar-refractivity contribution in [2.45, 2.75) is 31.6 Å². The SMILES string of the molecule is [Si]CCCOC1CCCO1. The average Bonchev–Trinajstić information content (AvgIpc) is 2.41. The second-order valence-electron chi connectivity index (χ2n) is 2.42. The minimum atomic E-state index is 0.0956. The molecule has 0 spiro atoms. The van der Waals surface area contributed by atoms with E-state index in [1.165, 1.54) is 0 Å². The van der Waals surface area contributed by atoms with Gasteiger partial charge in [-0.25, -0.2) is 0 Å². The summed E-state index contributed by atoms with van der Waals surface area (Å²) in [6.07, 6.45) is 3.38. The van der Waals surface area contributed by atoms with Crippen molar-refractivity contribution in [3.8, 4) is 0 Å². The van der Waals surface area contributed by atoms with E-state index in [0.717, 1.165) is 38.5 Å². The summed E-state index contributed by atoms with van der Waals surface area (Å²) in [5.41, 5.74) is 0. The van der Waals surface area contributed by atoms with E-state index in [1.807, 2.05) is 0 Å². The van der Waals surface area contributed by atoms with Gasteiger partial charge in [0.2, 0.25) is 0 Å². The van der Waals surface area contributed by atoms with E-state index in [1.54, 1.807) is 0 Å². The molecule has 3 heteroatoms. The Kier molecular flexibility index (Phi) is 4.02. The van der Waals surface area contributed by atoms with Crippen LogP contribution in [0.1, 0.15) is 19.3 Å². The van der Waals surface area contributed by atoms with E-state index in [4.69, 9.17) is 9.47 Å². The summed E-state index contributed by atoms with van der Waals surface area (Å²) in [5, 5.41) is 0. The van der Waals surface area contributed by atoms with Crippen LogP contribution < -0.4 is 0 Å². The van der Waals surface area contributed by atoms with E-state index in [0.29, 0.717) is 0 Å². The predicted octanol–water partition coefficient (Wildman–Crippen LogP) is 1.12. The lowest BCUT2D eigenvalue weighted by Gasteiger charge is -2.09. The van der Waals surface area contributed by atoms with Crippen molar-refractivity contribution >= 4 is 10.2 Å². The lowest BCUT2D eigenvalue weighted by Crippen LogP contribution is -2.10. The largest absolute Gasteiger partial charge is 0.353 e. The van der Waals surface area contributed by atoms with Crippen LogP contribution in [0.3, 0.4) is 0 Å². The first-order valence-corrected chi connectivity index (χ1v) is 4.52. The van der Waals surface area contributed by atoms with Gasteiger partial charge in [-0.1, -0.05) is 6.04 Å². The van der Waals surface area contributed by atoms with Gasteiger partial charge in [-0.2, -0.15) is 0 Å². The fourth-order valence-corrected chi connectivity index (χ4v) is 1.11. The van der Waals surface area contributed by atoms with Crippen molar-refractivity contribution in [1.82, 2.24) is 0 Å². The summed E-state index contributed by atoms with van der Waals surface area (Å²) >= 11 is 0. The topological polar surface area (TPSA) is 18.5 Å². The maximum Gasteiger partial charge on any atom is 0.157 e. The van der Waals surface area contributed by atoms with Gasteiger partial charge in [0.25, 0.3) is 0 Å². The Morgan fingerprint density at radius 2 is 2.50 bits per heavy atom. The van der Waals surface area contributed by atoms with Crippen LogP contribution in [0, 0.1) is 0 Å². The molecule has 1 fully saturated rings. The van der Waals surface area contributed by atoms with E-state index >= 15 is 0 Å². The Labute approximate surface area is 65.3 Å². The zero-order valence-electron chi connectivity index (χ0n) is 6.14. The van der Waals surface area contributed by atoms with Crippen molar-refractivity contribution in [3.05, 3.63) is 0 Å². The molecule has 0 aromatic carbocycles. The molecule has 57 valence electrons. The van der Waals surface area contributed by atoms with E-state index in [2.05, 4.69) is 10.2 Å². The van der Waals surface area contributed by atoms with Crippen LogP contribution in [-0.4, -0.2) is 29.7 Å². The van der Waals surface area contributed by atoms with Gasteiger partial charge >= 0.3 is 0 Å². The first kappa shape index (κ1) is 8.24. The Balaban J connectivity index is 1.91. The van der Waals surface area contributed by atoms with Gasteiger partial charge in [0.05, 0.1) is 0 Å². The highest BCUT2D eigenvalue weighted by atomic mass is 28.1. The van der Waals surface area contributed by atoms with Crippen molar-refractivity contribution in [3.63, 3.8) is 0 Å². The molecule has 1 unspecified atom stereocenters. The molecular weight excluding hydrogens is 144 g/mol. The smallest absolute Gasteiger partial charge is 0.157 e. The van der Waals surface area contributed by atoms with Crippen LogP contribution in [0.4, 0.5) is 0 Å². The zero-order chi connectivity index (χ0) is 7.23. The molecule has 0 aliphatic carbocycles. The third-order valence-corrected chi connectivity index (χ3v) is 1.87. The normalized spacial score (nSPS) is 25.5. The van der Waals surface area contributed by atoms with Crippen LogP contribution in [0.2, 0.25) is 6.04 Å². The number of rotatable bonds is 4. The minimum absolute atomic E-state index is 0.0956. The summed E-state index contributed by atoms with van der Waals surface area (Å²) in [5.74, 6) is 0. The summed E-state index contributed by atoms with van der Waals surface area (Å²) in [4.78, 5) is 0. The van der Waals surface area contributed by atoms with E-state index < -0.39 is 0 Å². The average molecular weight is 157 g/mol. The van der Waals surface area contributed by atoms with Crippen molar-refractivity contribution in [2.75, 3.05) is 13.2 Å². The summed E-state index contributed by atoms with van der Waals surface area (Å²) in [6, 6.07) is 1.01. The molecule has 0 aromatic heterocycles. The van der Waals surface area contributed by atoms with Gasteiger partial charge in [0.1, 0.15) is 0 Å². The quantitative estimate of drug-likeness (QED) is 0.449. The Bertz CT molecular complexity index is 81.7. The molecule has 1 heterocycles. The standard InChI is InChI=1S/C7H13O2Si/c10-6-2-5-9-7-3-1-4-8-7/h7H,1-6H2. The van der Waals surface area contributed by atoms with Crippen LogP contribution in [0.15, 0.2) is 0 Å². The molecule has 10 heavy (non-hydrogen) atoms. The monoisotopic (exact) mass is 157 g/mol. The van der Waals surface area contributed by atoms with E-state index in [-0.39, 0.29) is 6.29 Å². The fraction of sp³-hybridized carbons (Fsp3) is 1.00. The Morgan fingerprint density at radius 1 is 1.60 bits per heavy atom. The van der Waals surface area contributed by atoms with Gasteiger partial charge in [0.15, 0.2) is 6.29 Å². The third-order valence-electron chi connectivity index (χ3n) is 1.51. The molecule has 1 saturated heterocycles. The fourth-order valence-electron chi connectivity index (χ4n) is 0.967. The maximum atomic E-state index is 5.39. The van der Waals surface area contributed by atoms with Crippen molar-refractivity contribution in [2.24, 2.45) is 0 Å². The van der Waals surface area contributed by atoms with Crippen molar-refractivity contribution < 1.29 is 9.47 Å². The molecule has 0 aromatic rings. The molecule has 1 rings (SSSR count). The summed E-state index contributed by atoms with van der Waals surface area (Å²) in [6.45, 7) is 1.69. The first-order valence-electron chi connectivity index (χ1n) is 3.81. The number of ether oxygens (including phenoxy) is 2. The highest BCUT2D eigenvalue weighted by molar-refractivity contribution is 6.08. The lowest BCUT2D eigenvalue weighted by atomic mass is 10.4. The lowest BCUT2D eigenvalue weighted by molar-refractivity contribution is -0.110. The molecular formula is C7H13O2Si. The highest BCUT2D eigenvalue weighted by Gasteiger charge is 2.14. The zero-order valence-corrected chi connectivity index (χ0v) is 7.14. The molecule has 1 aliphatic heterocycles. The summed E-state index contributed by atoms with van der Waals surface area (Å²) < 4.78 is 10.7.